The lowest BCUT2D eigenvalue weighted by Gasteiger charge is -2.49. The molecule has 33 heavy (non-hydrogen) atoms. The predicted octanol–water partition coefficient (Wildman–Crippen LogP) is 4.33. The zero-order chi connectivity index (χ0) is 23.4. The van der Waals surface area contributed by atoms with Crippen LogP contribution < -0.4 is 10.6 Å². The molecule has 1 unspecified atom stereocenters. The molecule has 178 valence electrons. The molecule has 0 radical (unpaired) electrons. The fourth-order valence-corrected chi connectivity index (χ4v) is 5.43. The van der Waals surface area contributed by atoms with E-state index >= 15 is 0 Å². The van der Waals surface area contributed by atoms with Crippen molar-refractivity contribution >= 4 is 6.03 Å². The van der Waals surface area contributed by atoms with Crippen molar-refractivity contribution in [2.45, 2.75) is 77.3 Å². The van der Waals surface area contributed by atoms with Crippen molar-refractivity contribution in [3.63, 3.8) is 0 Å². The summed E-state index contributed by atoms with van der Waals surface area (Å²) in [6.07, 6.45) is 8.06. The molecule has 4 atom stereocenters. The SMILES string of the molecule is CCC(CC)c1cc([C@@H]2CN3CC[C@H]2C[C@@H]3CNC(=O)NC(C)C)nc(-c2ccncc2)n1. The maximum atomic E-state index is 12.1. The lowest BCUT2D eigenvalue weighted by atomic mass is 9.74. The predicted molar refractivity (Wildman–Crippen MR) is 131 cm³/mol. The van der Waals surface area contributed by atoms with E-state index in [0.717, 1.165) is 49.4 Å². The largest absolute Gasteiger partial charge is 0.337 e. The lowest BCUT2D eigenvalue weighted by Crippen LogP contribution is -2.57. The Morgan fingerprint density at radius 1 is 1.18 bits per heavy atom. The summed E-state index contributed by atoms with van der Waals surface area (Å²) >= 11 is 0. The van der Waals surface area contributed by atoms with Gasteiger partial charge in [0.15, 0.2) is 5.82 Å². The highest BCUT2D eigenvalue weighted by Crippen LogP contribution is 2.42. The van der Waals surface area contributed by atoms with Crippen molar-refractivity contribution in [2.75, 3.05) is 19.6 Å². The maximum absolute atomic E-state index is 12.1. The molecule has 2 aromatic heterocycles. The average Bonchev–Trinajstić information content (AvgIpc) is 2.84. The van der Waals surface area contributed by atoms with Crippen LogP contribution in [0.2, 0.25) is 0 Å². The Bertz CT molecular complexity index is 930. The van der Waals surface area contributed by atoms with Gasteiger partial charge in [-0.3, -0.25) is 9.88 Å². The number of nitrogens with zero attached hydrogens (tertiary/aromatic N) is 4. The number of urea groups is 1. The molecule has 3 aliphatic rings. The van der Waals surface area contributed by atoms with Gasteiger partial charge in [0.05, 0.1) is 0 Å². The van der Waals surface area contributed by atoms with Crippen LogP contribution in [0.3, 0.4) is 0 Å². The van der Waals surface area contributed by atoms with E-state index < -0.39 is 0 Å². The Morgan fingerprint density at radius 3 is 2.58 bits per heavy atom. The molecule has 5 rings (SSSR count). The van der Waals surface area contributed by atoms with E-state index in [2.05, 4.69) is 40.4 Å². The van der Waals surface area contributed by atoms with Crippen molar-refractivity contribution in [1.82, 2.24) is 30.5 Å². The van der Waals surface area contributed by atoms with Crippen LogP contribution in [0, 0.1) is 5.92 Å². The molecule has 2 amide bonds. The van der Waals surface area contributed by atoms with Crippen LogP contribution in [0.1, 0.15) is 76.6 Å². The van der Waals surface area contributed by atoms with E-state index in [1.165, 1.54) is 12.1 Å². The Kier molecular flexibility index (Phi) is 7.58. The number of fused-ring (bicyclic) bond motifs is 3. The van der Waals surface area contributed by atoms with Gasteiger partial charge in [0.2, 0.25) is 0 Å². The zero-order valence-corrected chi connectivity index (χ0v) is 20.4. The number of pyridine rings is 1. The highest BCUT2D eigenvalue weighted by Gasteiger charge is 2.41. The lowest BCUT2D eigenvalue weighted by molar-refractivity contribution is 0.0305. The van der Waals surface area contributed by atoms with Crippen molar-refractivity contribution in [3.8, 4) is 11.4 Å². The molecule has 0 aromatic carbocycles. The van der Waals surface area contributed by atoms with Crippen LogP contribution in [-0.2, 0) is 0 Å². The van der Waals surface area contributed by atoms with Crippen molar-refractivity contribution in [3.05, 3.63) is 42.0 Å². The zero-order valence-electron chi connectivity index (χ0n) is 20.4. The second-order valence-corrected chi connectivity index (χ2v) is 9.84. The number of carbonyl (C=O) groups excluding carboxylic acids is 1. The number of hydrogen-bond donors (Lipinski definition) is 2. The number of aromatic nitrogens is 3. The number of carbonyl (C=O) groups is 1. The first kappa shape index (κ1) is 23.6. The third-order valence-electron chi connectivity index (χ3n) is 7.28. The molecular formula is C26H38N6O. The van der Waals surface area contributed by atoms with Gasteiger partial charge in [-0.2, -0.15) is 0 Å². The summed E-state index contributed by atoms with van der Waals surface area (Å²) in [6, 6.07) is 6.74. The smallest absolute Gasteiger partial charge is 0.315 e. The van der Waals surface area contributed by atoms with E-state index in [9.17, 15) is 4.79 Å². The third-order valence-corrected chi connectivity index (χ3v) is 7.28. The van der Waals surface area contributed by atoms with Gasteiger partial charge < -0.3 is 10.6 Å². The van der Waals surface area contributed by atoms with Gasteiger partial charge in [0.25, 0.3) is 0 Å². The summed E-state index contributed by atoms with van der Waals surface area (Å²) in [5.41, 5.74) is 3.37. The van der Waals surface area contributed by atoms with Crippen LogP contribution >= 0.6 is 0 Å². The normalized spacial score (nSPS) is 24.3. The molecule has 3 saturated heterocycles. The van der Waals surface area contributed by atoms with Crippen LogP contribution in [-0.4, -0.2) is 57.6 Å². The third kappa shape index (κ3) is 5.52. The quantitative estimate of drug-likeness (QED) is 0.626. The first-order chi connectivity index (χ1) is 16.0. The Labute approximate surface area is 197 Å². The van der Waals surface area contributed by atoms with Crippen LogP contribution in [0.15, 0.2) is 30.6 Å². The molecular weight excluding hydrogens is 412 g/mol. The number of nitrogens with one attached hydrogen (secondary N) is 2. The second-order valence-electron chi connectivity index (χ2n) is 9.84. The van der Waals surface area contributed by atoms with Crippen LogP contribution in [0.25, 0.3) is 11.4 Å². The molecule has 2 aromatic rings. The molecule has 0 aliphatic carbocycles. The number of piperidine rings is 3. The molecule has 2 bridgehead atoms. The fraction of sp³-hybridized carbons (Fsp3) is 0.615. The van der Waals surface area contributed by atoms with Crippen molar-refractivity contribution in [2.24, 2.45) is 5.92 Å². The summed E-state index contributed by atoms with van der Waals surface area (Å²) in [4.78, 5) is 28.8. The van der Waals surface area contributed by atoms with Gasteiger partial charge >= 0.3 is 6.03 Å². The van der Waals surface area contributed by atoms with E-state index in [4.69, 9.17) is 9.97 Å². The van der Waals surface area contributed by atoms with E-state index in [1.807, 2.05) is 38.4 Å². The summed E-state index contributed by atoms with van der Waals surface area (Å²) in [6.45, 7) is 11.2. The minimum absolute atomic E-state index is 0.0724. The van der Waals surface area contributed by atoms with Gasteiger partial charge in [0.1, 0.15) is 0 Å². The first-order valence-electron chi connectivity index (χ1n) is 12.6. The summed E-state index contributed by atoms with van der Waals surface area (Å²) in [5.74, 6) is 2.27. The summed E-state index contributed by atoms with van der Waals surface area (Å²) in [7, 11) is 0. The fourth-order valence-electron chi connectivity index (χ4n) is 5.43. The number of amides is 2. The Balaban J connectivity index is 1.54. The van der Waals surface area contributed by atoms with E-state index in [1.54, 1.807) is 0 Å². The molecule has 3 aliphatic heterocycles. The molecule has 7 nitrogen and oxygen atoms in total. The first-order valence-corrected chi connectivity index (χ1v) is 12.6. The highest BCUT2D eigenvalue weighted by atomic mass is 16.2. The molecule has 5 heterocycles. The standard InChI is InChI=1S/C26H38N6O/c1-5-18(6-2)23-14-24(31-25(30-23)19-7-10-27-11-8-19)22-16-32-12-9-20(22)13-21(32)15-28-26(33)29-17(3)4/h7-8,10-11,14,17-18,20-22H,5-6,9,12-13,15-16H2,1-4H3,(H2,28,29,33)/t20-,21+,22+/m0/s1. The molecule has 0 spiro atoms. The molecule has 7 heteroatoms. The Hall–Kier alpha value is -2.54. The second kappa shape index (κ2) is 10.6. The highest BCUT2D eigenvalue weighted by molar-refractivity contribution is 5.74. The topological polar surface area (TPSA) is 83.0 Å². The summed E-state index contributed by atoms with van der Waals surface area (Å²) < 4.78 is 0. The van der Waals surface area contributed by atoms with Crippen molar-refractivity contribution < 1.29 is 4.79 Å². The molecule has 2 N–H and O–H groups in total. The van der Waals surface area contributed by atoms with Gasteiger partial charge in [0, 0.05) is 66.4 Å². The van der Waals surface area contributed by atoms with Crippen molar-refractivity contribution in [1.29, 1.82) is 0 Å². The van der Waals surface area contributed by atoms with Crippen LogP contribution in [0.5, 0.6) is 0 Å². The van der Waals surface area contributed by atoms with Gasteiger partial charge in [-0.1, -0.05) is 13.8 Å². The molecule has 3 fully saturated rings. The minimum Gasteiger partial charge on any atom is -0.337 e. The number of rotatable bonds is 8. The van der Waals surface area contributed by atoms with E-state index in [-0.39, 0.29) is 12.1 Å². The molecule has 0 saturated carbocycles. The Morgan fingerprint density at radius 2 is 1.94 bits per heavy atom. The number of hydrogen-bond acceptors (Lipinski definition) is 5. The van der Waals surface area contributed by atoms with Gasteiger partial charge in [-0.05, 0) is 70.2 Å². The summed E-state index contributed by atoms with van der Waals surface area (Å²) in [5, 5.41) is 5.99. The monoisotopic (exact) mass is 450 g/mol. The maximum Gasteiger partial charge on any atom is 0.315 e. The minimum atomic E-state index is -0.0724. The van der Waals surface area contributed by atoms with Gasteiger partial charge in [-0.15, -0.1) is 0 Å². The van der Waals surface area contributed by atoms with E-state index in [0.29, 0.717) is 30.3 Å². The van der Waals surface area contributed by atoms with Gasteiger partial charge in [-0.25, -0.2) is 14.8 Å². The van der Waals surface area contributed by atoms with Crippen LogP contribution in [0.4, 0.5) is 4.79 Å². The average molecular weight is 451 g/mol.